The standard InChI is InChI=1S/C29H39N3O2/c1-21-17-31(18-22(2)32(21)19-23-9-11-25(12-10-23)28(33)30-34)20-26-7-5-6-8-27(26)24-13-15-29(3,4)16-14-24/h5-13,21-22,34H,14-20H2,1-4H3,(H,30,33). The molecule has 0 spiro atoms. The summed E-state index contributed by atoms with van der Waals surface area (Å²) in [6.07, 6.45) is 6.06. The molecule has 1 amide bonds. The number of hydroxylamine groups is 1. The second-order valence-electron chi connectivity index (χ2n) is 11.0. The minimum absolute atomic E-state index is 0.422. The predicted octanol–water partition coefficient (Wildman–Crippen LogP) is 5.49. The van der Waals surface area contributed by atoms with Crippen molar-refractivity contribution in [3.8, 4) is 0 Å². The topological polar surface area (TPSA) is 55.8 Å². The van der Waals surface area contributed by atoms with Crippen LogP contribution >= 0.6 is 0 Å². The molecule has 0 bridgehead atoms. The highest BCUT2D eigenvalue weighted by Gasteiger charge is 2.30. The van der Waals surface area contributed by atoms with E-state index in [4.69, 9.17) is 5.21 Å². The van der Waals surface area contributed by atoms with Gasteiger partial charge in [-0.25, -0.2) is 5.48 Å². The number of piperazine rings is 1. The third-order valence-electron chi connectivity index (χ3n) is 7.59. The lowest BCUT2D eigenvalue weighted by Crippen LogP contribution is -2.55. The number of amides is 1. The highest BCUT2D eigenvalue weighted by Crippen LogP contribution is 2.39. The summed E-state index contributed by atoms with van der Waals surface area (Å²) in [7, 11) is 0. The van der Waals surface area contributed by atoms with Crippen LogP contribution in [0.3, 0.4) is 0 Å². The Bertz CT molecular complexity index is 1020. The van der Waals surface area contributed by atoms with Crippen molar-refractivity contribution in [3.05, 3.63) is 76.9 Å². The molecule has 2 N–H and O–H groups in total. The number of hydrogen-bond acceptors (Lipinski definition) is 4. The Morgan fingerprint density at radius 3 is 2.32 bits per heavy atom. The lowest BCUT2D eigenvalue weighted by molar-refractivity contribution is 0.0290. The fourth-order valence-corrected chi connectivity index (χ4v) is 5.48. The molecule has 2 unspecified atom stereocenters. The van der Waals surface area contributed by atoms with E-state index in [1.807, 2.05) is 12.1 Å². The zero-order chi connectivity index (χ0) is 24.3. The molecule has 1 aliphatic carbocycles. The van der Waals surface area contributed by atoms with Crippen LogP contribution in [0.2, 0.25) is 0 Å². The molecule has 1 fully saturated rings. The summed E-state index contributed by atoms with van der Waals surface area (Å²) in [5.41, 5.74) is 8.16. The van der Waals surface area contributed by atoms with E-state index in [1.54, 1.807) is 17.6 Å². The SMILES string of the molecule is CC1CN(Cc2ccccc2C2=CCC(C)(C)CC2)CC(C)N1Cc1ccc(C(=O)NO)cc1. The minimum atomic E-state index is -0.477. The van der Waals surface area contributed by atoms with E-state index in [0.717, 1.165) is 32.6 Å². The molecule has 1 saturated heterocycles. The van der Waals surface area contributed by atoms with Crippen LogP contribution in [-0.2, 0) is 13.1 Å². The van der Waals surface area contributed by atoms with Gasteiger partial charge in [-0.15, -0.1) is 0 Å². The summed E-state index contributed by atoms with van der Waals surface area (Å²) >= 11 is 0. The summed E-state index contributed by atoms with van der Waals surface area (Å²) in [4.78, 5) is 16.7. The Morgan fingerprint density at radius 1 is 1.03 bits per heavy atom. The van der Waals surface area contributed by atoms with Gasteiger partial charge in [0.1, 0.15) is 0 Å². The third-order valence-corrected chi connectivity index (χ3v) is 7.59. The average molecular weight is 462 g/mol. The van der Waals surface area contributed by atoms with Crippen molar-refractivity contribution in [2.75, 3.05) is 13.1 Å². The minimum Gasteiger partial charge on any atom is -0.296 e. The van der Waals surface area contributed by atoms with Gasteiger partial charge in [-0.3, -0.25) is 19.8 Å². The average Bonchev–Trinajstić information content (AvgIpc) is 2.82. The number of nitrogens with zero attached hydrogens (tertiary/aromatic N) is 2. The van der Waals surface area contributed by atoms with Crippen LogP contribution in [0.5, 0.6) is 0 Å². The maximum atomic E-state index is 11.6. The summed E-state index contributed by atoms with van der Waals surface area (Å²) in [6.45, 7) is 13.3. The smallest absolute Gasteiger partial charge is 0.274 e. The number of carbonyl (C=O) groups excluding carboxylic acids is 1. The van der Waals surface area contributed by atoms with E-state index in [1.165, 1.54) is 35.1 Å². The van der Waals surface area contributed by atoms with Gasteiger partial charge in [0.2, 0.25) is 0 Å². The van der Waals surface area contributed by atoms with Crippen molar-refractivity contribution >= 4 is 11.5 Å². The molecule has 2 aromatic rings. The van der Waals surface area contributed by atoms with Crippen molar-refractivity contribution in [3.63, 3.8) is 0 Å². The van der Waals surface area contributed by atoms with Gasteiger partial charge >= 0.3 is 0 Å². The monoisotopic (exact) mass is 461 g/mol. The van der Waals surface area contributed by atoms with Gasteiger partial charge in [-0.05, 0) is 72.9 Å². The second-order valence-corrected chi connectivity index (χ2v) is 11.0. The van der Waals surface area contributed by atoms with E-state index < -0.39 is 5.91 Å². The van der Waals surface area contributed by atoms with Crippen LogP contribution in [-0.4, -0.2) is 46.1 Å². The van der Waals surface area contributed by atoms with Gasteiger partial charge in [-0.2, -0.15) is 0 Å². The molecule has 4 rings (SSSR count). The molecule has 5 nitrogen and oxygen atoms in total. The largest absolute Gasteiger partial charge is 0.296 e. The van der Waals surface area contributed by atoms with E-state index in [-0.39, 0.29) is 0 Å². The molecule has 2 aromatic carbocycles. The van der Waals surface area contributed by atoms with Gasteiger partial charge in [-0.1, -0.05) is 56.3 Å². The van der Waals surface area contributed by atoms with Crippen LogP contribution in [0.4, 0.5) is 0 Å². The van der Waals surface area contributed by atoms with Crippen molar-refractivity contribution in [1.82, 2.24) is 15.3 Å². The number of rotatable bonds is 6. The first-order valence-electron chi connectivity index (χ1n) is 12.5. The Balaban J connectivity index is 1.41. The first-order valence-corrected chi connectivity index (χ1v) is 12.5. The number of benzene rings is 2. The maximum absolute atomic E-state index is 11.6. The molecule has 0 radical (unpaired) electrons. The first-order chi connectivity index (χ1) is 16.3. The van der Waals surface area contributed by atoms with Crippen LogP contribution in [0, 0.1) is 5.41 Å². The number of carbonyl (C=O) groups is 1. The highest BCUT2D eigenvalue weighted by molar-refractivity contribution is 5.93. The Kier molecular flexibility index (Phi) is 7.56. The zero-order valence-electron chi connectivity index (χ0n) is 21.1. The van der Waals surface area contributed by atoms with Gasteiger partial charge in [0.05, 0.1) is 0 Å². The summed E-state index contributed by atoms with van der Waals surface area (Å²) in [5.74, 6) is -0.477. The Morgan fingerprint density at radius 2 is 1.71 bits per heavy atom. The fourth-order valence-electron chi connectivity index (χ4n) is 5.48. The molecule has 34 heavy (non-hydrogen) atoms. The Labute approximate surface area is 204 Å². The Hall–Kier alpha value is -2.47. The van der Waals surface area contributed by atoms with Crippen LogP contribution in [0.15, 0.2) is 54.6 Å². The first kappa shape index (κ1) is 24.6. The summed E-state index contributed by atoms with van der Waals surface area (Å²) < 4.78 is 0. The van der Waals surface area contributed by atoms with Crippen LogP contribution < -0.4 is 5.48 Å². The van der Waals surface area contributed by atoms with Crippen LogP contribution in [0.25, 0.3) is 5.57 Å². The van der Waals surface area contributed by atoms with Crippen molar-refractivity contribution in [2.24, 2.45) is 5.41 Å². The molecule has 1 aliphatic heterocycles. The molecule has 2 aliphatic rings. The van der Waals surface area contributed by atoms with Crippen molar-refractivity contribution in [2.45, 2.75) is 72.1 Å². The van der Waals surface area contributed by atoms with Gasteiger partial charge in [0.15, 0.2) is 0 Å². The fraction of sp³-hybridized carbons (Fsp3) is 0.483. The lowest BCUT2D eigenvalue weighted by atomic mass is 9.76. The van der Waals surface area contributed by atoms with E-state index >= 15 is 0 Å². The summed E-state index contributed by atoms with van der Waals surface area (Å²) in [5, 5.41) is 8.81. The highest BCUT2D eigenvalue weighted by atomic mass is 16.5. The lowest BCUT2D eigenvalue weighted by Gasteiger charge is -2.45. The number of hydrogen-bond donors (Lipinski definition) is 2. The van der Waals surface area contributed by atoms with Crippen LogP contribution in [0.1, 0.15) is 74.0 Å². The van der Waals surface area contributed by atoms with Gasteiger partial charge in [0, 0.05) is 43.8 Å². The zero-order valence-corrected chi connectivity index (χ0v) is 21.1. The van der Waals surface area contributed by atoms with Gasteiger partial charge in [0.25, 0.3) is 5.91 Å². The van der Waals surface area contributed by atoms with Crippen molar-refractivity contribution in [1.29, 1.82) is 0 Å². The molecular formula is C29H39N3O2. The van der Waals surface area contributed by atoms with E-state index in [2.05, 4.69) is 67.8 Å². The number of nitrogens with one attached hydrogen (secondary N) is 1. The quantitative estimate of drug-likeness (QED) is 0.441. The molecule has 0 aromatic heterocycles. The molecule has 182 valence electrons. The second kappa shape index (κ2) is 10.4. The van der Waals surface area contributed by atoms with E-state index in [0.29, 0.717) is 23.1 Å². The third kappa shape index (κ3) is 5.77. The molecule has 2 atom stereocenters. The molecule has 5 heteroatoms. The molecular weight excluding hydrogens is 422 g/mol. The maximum Gasteiger partial charge on any atom is 0.274 e. The van der Waals surface area contributed by atoms with Crippen molar-refractivity contribution < 1.29 is 10.0 Å². The molecule has 0 saturated carbocycles. The van der Waals surface area contributed by atoms with E-state index in [9.17, 15) is 4.79 Å². The van der Waals surface area contributed by atoms with Gasteiger partial charge < -0.3 is 0 Å². The predicted molar refractivity (Wildman–Crippen MR) is 137 cm³/mol. The normalized spacial score (nSPS) is 23.4. The molecule has 1 heterocycles. The summed E-state index contributed by atoms with van der Waals surface area (Å²) in [6, 6.07) is 17.3. The number of allylic oxidation sites excluding steroid dienone is 2.